The SMILES string of the molecule is C=Nc1cc(O)ccc1N1CCc2ccccc21. The van der Waals surface area contributed by atoms with Gasteiger partial charge in [-0.15, -0.1) is 0 Å². The van der Waals surface area contributed by atoms with Gasteiger partial charge in [-0.3, -0.25) is 4.99 Å². The van der Waals surface area contributed by atoms with E-state index in [0.717, 1.165) is 18.7 Å². The molecule has 0 spiro atoms. The second-order valence-corrected chi connectivity index (χ2v) is 4.36. The molecule has 2 aromatic carbocycles. The van der Waals surface area contributed by atoms with Gasteiger partial charge in [0.05, 0.1) is 11.4 Å². The van der Waals surface area contributed by atoms with Crippen molar-refractivity contribution in [1.29, 1.82) is 0 Å². The fourth-order valence-electron chi connectivity index (χ4n) is 2.46. The standard InChI is InChI=1S/C15H14N2O/c1-16-13-10-12(18)6-7-15(13)17-9-8-11-4-2-3-5-14(11)17/h2-7,10,18H,1,8-9H2. The van der Waals surface area contributed by atoms with Crippen molar-refractivity contribution >= 4 is 23.8 Å². The van der Waals surface area contributed by atoms with Crippen LogP contribution in [0.2, 0.25) is 0 Å². The first kappa shape index (κ1) is 10.8. The van der Waals surface area contributed by atoms with E-state index in [1.807, 2.05) is 12.1 Å². The van der Waals surface area contributed by atoms with E-state index in [9.17, 15) is 5.11 Å². The van der Waals surface area contributed by atoms with E-state index in [1.54, 1.807) is 12.1 Å². The Morgan fingerprint density at radius 2 is 1.94 bits per heavy atom. The van der Waals surface area contributed by atoms with Crippen molar-refractivity contribution in [3.05, 3.63) is 48.0 Å². The molecule has 3 nitrogen and oxygen atoms in total. The Bertz CT molecular complexity index is 607. The summed E-state index contributed by atoms with van der Waals surface area (Å²) in [7, 11) is 0. The van der Waals surface area contributed by atoms with E-state index in [2.05, 4.69) is 34.8 Å². The summed E-state index contributed by atoms with van der Waals surface area (Å²) in [4.78, 5) is 6.22. The Balaban J connectivity index is 2.10. The molecule has 0 aliphatic carbocycles. The molecule has 1 aliphatic rings. The minimum atomic E-state index is 0.216. The molecule has 3 heteroatoms. The van der Waals surface area contributed by atoms with E-state index in [0.29, 0.717) is 5.69 Å². The highest BCUT2D eigenvalue weighted by Crippen LogP contribution is 2.40. The molecule has 0 amide bonds. The molecule has 90 valence electrons. The summed E-state index contributed by atoms with van der Waals surface area (Å²) in [5.74, 6) is 0.216. The van der Waals surface area contributed by atoms with Crippen molar-refractivity contribution in [2.45, 2.75) is 6.42 Å². The predicted octanol–water partition coefficient (Wildman–Crippen LogP) is 3.42. The molecule has 0 fully saturated rings. The van der Waals surface area contributed by atoms with Gasteiger partial charge in [0.2, 0.25) is 0 Å². The van der Waals surface area contributed by atoms with E-state index in [1.165, 1.54) is 11.3 Å². The van der Waals surface area contributed by atoms with Crippen LogP contribution in [0, 0.1) is 0 Å². The number of benzene rings is 2. The van der Waals surface area contributed by atoms with Crippen molar-refractivity contribution < 1.29 is 5.11 Å². The molecule has 0 saturated carbocycles. The Hall–Kier alpha value is -2.29. The third-order valence-corrected chi connectivity index (χ3v) is 3.31. The lowest BCUT2D eigenvalue weighted by molar-refractivity contribution is 0.475. The Morgan fingerprint density at radius 1 is 1.11 bits per heavy atom. The molecule has 1 aliphatic heterocycles. The van der Waals surface area contributed by atoms with Crippen LogP contribution in [0.25, 0.3) is 0 Å². The average Bonchev–Trinajstić information content (AvgIpc) is 2.82. The Kier molecular flexibility index (Phi) is 2.52. The number of fused-ring (bicyclic) bond motifs is 1. The van der Waals surface area contributed by atoms with Crippen molar-refractivity contribution in [3.63, 3.8) is 0 Å². The van der Waals surface area contributed by atoms with Crippen LogP contribution in [0.3, 0.4) is 0 Å². The van der Waals surface area contributed by atoms with Gasteiger partial charge in [-0.25, -0.2) is 0 Å². The highest BCUT2D eigenvalue weighted by molar-refractivity contribution is 5.79. The number of phenols is 1. The van der Waals surface area contributed by atoms with Gasteiger partial charge in [0.1, 0.15) is 5.75 Å². The number of para-hydroxylation sites is 1. The third kappa shape index (κ3) is 1.64. The third-order valence-electron chi connectivity index (χ3n) is 3.31. The van der Waals surface area contributed by atoms with Crippen molar-refractivity contribution in [2.24, 2.45) is 4.99 Å². The zero-order valence-electron chi connectivity index (χ0n) is 10.0. The van der Waals surface area contributed by atoms with E-state index >= 15 is 0 Å². The van der Waals surface area contributed by atoms with Crippen LogP contribution in [0.15, 0.2) is 47.5 Å². The highest BCUT2D eigenvalue weighted by atomic mass is 16.3. The Labute approximate surface area is 106 Å². The molecule has 3 rings (SSSR count). The maximum absolute atomic E-state index is 9.50. The van der Waals surface area contributed by atoms with E-state index in [4.69, 9.17) is 0 Å². The highest BCUT2D eigenvalue weighted by Gasteiger charge is 2.21. The van der Waals surface area contributed by atoms with Crippen LogP contribution in [0.4, 0.5) is 17.1 Å². The number of phenolic OH excluding ortho intramolecular Hbond substituents is 1. The second kappa shape index (κ2) is 4.18. The van der Waals surface area contributed by atoms with Crippen LogP contribution >= 0.6 is 0 Å². The second-order valence-electron chi connectivity index (χ2n) is 4.36. The number of aromatic hydroxyl groups is 1. The summed E-state index contributed by atoms with van der Waals surface area (Å²) in [5, 5.41) is 9.50. The molecule has 0 radical (unpaired) electrons. The zero-order valence-corrected chi connectivity index (χ0v) is 10.0. The van der Waals surface area contributed by atoms with E-state index in [-0.39, 0.29) is 5.75 Å². The first-order valence-corrected chi connectivity index (χ1v) is 5.95. The average molecular weight is 238 g/mol. The van der Waals surface area contributed by atoms with Crippen LogP contribution < -0.4 is 4.90 Å². The minimum absolute atomic E-state index is 0.216. The number of hydrogen-bond acceptors (Lipinski definition) is 3. The lowest BCUT2D eigenvalue weighted by atomic mass is 10.1. The first-order chi connectivity index (χ1) is 8.79. The lowest BCUT2D eigenvalue weighted by Crippen LogP contribution is -2.13. The zero-order chi connectivity index (χ0) is 12.5. The van der Waals surface area contributed by atoms with Crippen LogP contribution in [-0.4, -0.2) is 18.4 Å². The fourth-order valence-corrected chi connectivity index (χ4v) is 2.46. The van der Waals surface area contributed by atoms with Gasteiger partial charge < -0.3 is 10.0 Å². The number of anilines is 2. The minimum Gasteiger partial charge on any atom is -0.508 e. The predicted molar refractivity (Wildman–Crippen MR) is 74.5 cm³/mol. The van der Waals surface area contributed by atoms with Gasteiger partial charge in [0.25, 0.3) is 0 Å². The van der Waals surface area contributed by atoms with Gasteiger partial charge in [0.15, 0.2) is 0 Å². The van der Waals surface area contributed by atoms with Crippen LogP contribution in [0.1, 0.15) is 5.56 Å². The topological polar surface area (TPSA) is 35.8 Å². The molecule has 2 aromatic rings. The summed E-state index contributed by atoms with van der Waals surface area (Å²) in [6.45, 7) is 4.51. The van der Waals surface area contributed by atoms with Crippen LogP contribution in [-0.2, 0) is 6.42 Å². The smallest absolute Gasteiger partial charge is 0.117 e. The number of nitrogens with zero attached hydrogens (tertiary/aromatic N) is 2. The summed E-state index contributed by atoms with van der Waals surface area (Å²) in [6, 6.07) is 13.6. The summed E-state index contributed by atoms with van der Waals surface area (Å²) in [6.07, 6.45) is 1.04. The maximum Gasteiger partial charge on any atom is 0.117 e. The molecule has 18 heavy (non-hydrogen) atoms. The quantitative estimate of drug-likeness (QED) is 0.814. The molecule has 0 saturated heterocycles. The summed E-state index contributed by atoms with van der Waals surface area (Å²) < 4.78 is 0. The van der Waals surface area contributed by atoms with Gasteiger partial charge >= 0.3 is 0 Å². The molecule has 1 heterocycles. The van der Waals surface area contributed by atoms with E-state index < -0.39 is 0 Å². The first-order valence-electron chi connectivity index (χ1n) is 5.95. The monoisotopic (exact) mass is 238 g/mol. The molecule has 0 aromatic heterocycles. The fraction of sp³-hybridized carbons (Fsp3) is 0.133. The molecule has 1 N–H and O–H groups in total. The summed E-state index contributed by atoms with van der Waals surface area (Å²) in [5.41, 5.74) is 4.27. The number of rotatable bonds is 2. The number of aliphatic imine (C=N–C) groups is 1. The molecular formula is C15H14N2O. The number of hydrogen-bond donors (Lipinski definition) is 1. The normalized spacial score (nSPS) is 13.4. The van der Waals surface area contributed by atoms with Crippen molar-refractivity contribution in [1.82, 2.24) is 0 Å². The molecule has 0 atom stereocenters. The van der Waals surface area contributed by atoms with Gasteiger partial charge in [-0.2, -0.15) is 0 Å². The van der Waals surface area contributed by atoms with Gasteiger partial charge in [-0.05, 0) is 36.9 Å². The molecule has 0 bridgehead atoms. The molecule has 0 unspecified atom stereocenters. The lowest BCUT2D eigenvalue weighted by Gasteiger charge is -2.21. The van der Waals surface area contributed by atoms with Gasteiger partial charge in [0, 0.05) is 18.3 Å². The van der Waals surface area contributed by atoms with Crippen molar-refractivity contribution in [3.8, 4) is 5.75 Å². The maximum atomic E-state index is 9.50. The molecular weight excluding hydrogens is 224 g/mol. The van der Waals surface area contributed by atoms with Gasteiger partial charge in [-0.1, -0.05) is 18.2 Å². The van der Waals surface area contributed by atoms with Crippen molar-refractivity contribution in [2.75, 3.05) is 11.4 Å². The van der Waals surface area contributed by atoms with Crippen LogP contribution in [0.5, 0.6) is 5.75 Å². The largest absolute Gasteiger partial charge is 0.508 e. The summed E-state index contributed by atoms with van der Waals surface area (Å²) >= 11 is 0. The Morgan fingerprint density at radius 3 is 2.78 bits per heavy atom.